The lowest BCUT2D eigenvalue weighted by Gasteiger charge is -2.30. The minimum absolute atomic E-state index is 0.744. The summed E-state index contributed by atoms with van der Waals surface area (Å²) in [7, 11) is 0. The van der Waals surface area contributed by atoms with E-state index >= 15 is 0 Å². The van der Waals surface area contributed by atoms with Crippen molar-refractivity contribution in [2.75, 3.05) is 0 Å². The molecule has 7 atom stereocenters. The average molecular weight is 208 g/mol. The van der Waals surface area contributed by atoms with E-state index in [9.17, 15) is 0 Å². The van der Waals surface area contributed by atoms with E-state index in [1.807, 2.05) is 0 Å². The van der Waals surface area contributed by atoms with Crippen molar-refractivity contribution >= 4 is 0 Å². The van der Waals surface area contributed by atoms with Crippen LogP contribution in [0.1, 0.15) is 54.4 Å². The molecule has 2 aliphatic rings. The maximum Gasteiger partial charge on any atom is -0.0207 e. The van der Waals surface area contributed by atoms with Gasteiger partial charge in [-0.25, -0.2) is 0 Å². The summed E-state index contributed by atoms with van der Waals surface area (Å²) in [5, 5.41) is 0. The Morgan fingerprint density at radius 1 is 1.13 bits per heavy atom. The lowest BCUT2D eigenvalue weighted by Crippen LogP contribution is -2.25. The third-order valence-electron chi connectivity index (χ3n) is 6.33. The van der Waals surface area contributed by atoms with Crippen molar-refractivity contribution in [1.82, 2.24) is 0 Å². The van der Waals surface area contributed by atoms with Crippen LogP contribution in [-0.4, -0.2) is 0 Å². The minimum Gasteiger partial charge on any atom is -0.0651 e. The second kappa shape index (κ2) is 3.50. The smallest absolute Gasteiger partial charge is 0.0207 e. The topological polar surface area (TPSA) is 0 Å². The first-order valence-corrected chi connectivity index (χ1v) is 6.96. The normalized spacial score (nSPS) is 56.0. The number of hydrogen-bond acceptors (Lipinski definition) is 0. The maximum absolute atomic E-state index is 2.52. The summed E-state index contributed by atoms with van der Waals surface area (Å²) in [6.45, 7) is 14.9. The molecule has 2 fully saturated rings. The molecule has 2 aliphatic carbocycles. The zero-order valence-corrected chi connectivity index (χ0v) is 11.4. The van der Waals surface area contributed by atoms with Gasteiger partial charge in [0.2, 0.25) is 0 Å². The standard InChI is InChI=1S/C15H28/c1-7-9(2)14-12(5)11(4)13(6)15(14)8-10(15)3/h9-14H,7-8H2,1-6H3. The molecule has 15 heavy (non-hydrogen) atoms. The molecule has 0 saturated heterocycles. The highest BCUT2D eigenvalue weighted by atomic mass is 14.7. The highest BCUT2D eigenvalue weighted by molar-refractivity contribution is 5.14. The Labute approximate surface area is 95.8 Å². The first kappa shape index (κ1) is 11.5. The van der Waals surface area contributed by atoms with Gasteiger partial charge in [-0.1, -0.05) is 48.0 Å². The molecule has 2 saturated carbocycles. The van der Waals surface area contributed by atoms with Gasteiger partial charge in [0.15, 0.2) is 0 Å². The fraction of sp³-hybridized carbons (Fsp3) is 1.00. The van der Waals surface area contributed by atoms with Crippen LogP contribution in [0.15, 0.2) is 0 Å². The Morgan fingerprint density at radius 3 is 2.07 bits per heavy atom. The molecule has 0 nitrogen and oxygen atoms in total. The van der Waals surface area contributed by atoms with Gasteiger partial charge in [-0.3, -0.25) is 0 Å². The van der Waals surface area contributed by atoms with Gasteiger partial charge in [0.1, 0.15) is 0 Å². The van der Waals surface area contributed by atoms with Gasteiger partial charge >= 0.3 is 0 Å². The molecular formula is C15H28. The van der Waals surface area contributed by atoms with E-state index in [0.717, 1.165) is 40.9 Å². The first-order valence-electron chi connectivity index (χ1n) is 6.96. The van der Waals surface area contributed by atoms with E-state index < -0.39 is 0 Å². The summed E-state index contributed by atoms with van der Waals surface area (Å²) in [5.74, 6) is 5.77. The summed E-state index contributed by atoms with van der Waals surface area (Å²) >= 11 is 0. The minimum atomic E-state index is 0.744. The van der Waals surface area contributed by atoms with Gasteiger partial charge in [-0.15, -0.1) is 0 Å². The third-order valence-corrected chi connectivity index (χ3v) is 6.33. The third kappa shape index (κ3) is 1.33. The van der Waals surface area contributed by atoms with Crippen molar-refractivity contribution in [2.24, 2.45) is 40.9 Å². The summed E-state index contributed by atoms with van der Waals surface area (Å²) in [6.07, 6.45) is 2.88. The van der Waals surface area contributed by atoms with Gasteiger partial charge in [-0.05, 0) is 47.3 Å². The highest BCUT2D eigenvalue weighted by Crippen LogP contribution is 2.72. The van der Waals surface area contributed by atoms with Crippen LogP contribution in [-0.2, 0) is 0 Å². The van der Waals surface area contributed by atoms with Crippen LogP contribution in [0, 0.1) is 40.9 Å². The Balaban J connectivity index is 2.28. The molecule has 0 N–H and O–H groups in total. The van der Waals surface area contributed by atoms with Crippen LogP contribution in [0.2, 0.25) is 0 Å². The Kier molecular flexibility index (Phi) is 2.68. The van der Waals surface area contributed by atoms with Crippen LogP contribution < -0.4 is 0 Å². The van der Waals surface area contributed by atoms with E-state index in [4.69, 9.17) is 0 Å². The number of rotatable bonds is 2. The quantitative estimate of drug-likeness (QED) is 0.622. The van der Waals surface area contributed by atoms with Crippen LogP contribution in [0.3, 0.4) is 0 Å². The van der Waals surface area contributed by atoms with Crippen molar-refractivity contribution in [3.8, 4) is 0 Å². The summed E-state index contributed by atoms with van der Waals surface area (Å²) in [6, 6.07) is 0. The Bertz CT molecular complexity index is 244. The molecule has 0 heteroatoms. The molecule has 0 radical (unpaired) electrons. The van der Waals surface area contributed by atoms with Crippen molar-refractivity contribution < 1.29 is 0 Å². The molecule has 0 bridgehead atoms. The SMILES string of the molecule is CCC(C)C1C(C)C(C)C(C)C12CC2C. The van der Waals surface area contributed by atoms with Crippen LogP contribution >= 0.6 is 0 Å². The molecule has 0 aliphatic heterocycles. The van der Waals surface area contributed by atoms with E-state index in [2.05, 4.69) is 41.5 Å². The van der Waals surface area contributed by atoms with Crippen molar-refractivity contribution in [3.05, 3.63) is 0 Å². The second-order valence-electron chi connectivity index (χ2n) is 6.64. The first-order chi connectivity index (χ1) is 6.96. The maximum atomic E-state index is 2.52. The molecule has 1 spiro atoms. The zero-order valence-electron chi connectivity index (χ0n) is 11.4. The van der Waals surface area contributed by atoms with E-state index in [-0.39, 0.29) is 0 Å². The van der Waals surface area contributed by atoms with Crippen LogP contribution in [0.25, 0.3) is 0 Å². The van der Waals surface area contributed by atoms with Gasteiger partial charge in [0.25, 0.3) is 0 Å². The largest absolute Gasteiger partial charge is 0.0651 e. The molecule has 0 heterocycles. The van der Waals surface area contributed by atoms with Gasteiger partial charge < -0.3 is 0 Å². The lowest BCUT2D eigenvalue weighted by molar-refractivity contribution is 0.173. The second-order valence-corrected chi connectivity index (χ2v) is 6.64. The Hall–Kier alpha value is 0. The summed E-state index contributed by atoms with van der Waals surface area (Å²) in [4.78, 5) is 0. The molecule has 0 aromatic rings. The molecule has 0 aromatic carbocycles. The average Bonchev–Trinajstić information content (AvgIpc) is 2.83. The highest BCUT2D eigenvalue weighted by Gasteiger charge is 2.66. The van der Waals surface area contributed by atoms with Crippen molar-refractivity contribution in [2.45, 2.75) is 54.4 Å². The fourth-order valence-electron chi connectivity index (χ4n) is 4.94. The predicted octanol–water partition coefficient (Wildman–Crippen LogP) is 4.60. The summed E-state index contributed by atoms with van der Waals surface area (Å²) < 4.78 is 0. The van der Waals surface area contributed by atoms with E-state index in [1.165, 1.54) is 12.8 Å². The van der Waals surface area contributed by atoms with Crippen molar-refractivity contribution in [1.29, 1.82) is 0 Å². The zero-order chi connectivity index (χ0) is 11.4. The Morgan fingerprint density at radius 2 is 1.67 bits per heavy atom. The van der Waals surface area contributed by atoms with Crippen LogP contribution in [0.5, 0.6) is 0 Å². The van der Waals surface area contributed by atoms with Crippen molar-refractivity contribution in [3.63, 3.8) is 0 Å². The summed E-state index contributed by atoms with van der Waals surface area (Å²) in [5.41, 5.74) is 0.744. The van der Waals surface area contributed by atoms with Gasteiger partial charge in [0.05, 0.1) is 0 Å². The van der Waals surface area contributed by atoms with Gasteiger partial charge in [0, 0.05) is 0 Å². The molecular weight excluding hydrogens is 180 g/mol. The van der Waals surface area contributed by atoms with Gasteiger partial charge in [-0.2, -0.15) is 0 Å². The lowest BCUT2D eigenvalue weighted by atomic mass is 9.74. The monoisotopic (exact) mass is 208 g/mol. The van der Waals surface area contributed by atoms with E-state index in [0.29, 0.717) is 0 Å². The van der Waals surface area contributed by atoms with E-state index in [1.54, 1.807) is 0 Å². The number of hydrogen-bond donors (Lipinski definition) is 0. The predicted molar refractivity (Wildman–Crippen MR) is 66.7 cm³/mol. The molecule has 0 amide bonds. The molecule has 7 unspecified atom stereocenters. The fourth-order valence-corrected chi connectivity index (χ4v) is 4.94. The molecule has 2 rings (SSSR count). The molecule has 88 valence electrons. The van der Waals surface area contributed by atoms with Crippen LogP contribution in [0.4, 0.5) is 0 Å². The molecule has 0 aromatic heterocycles.